The molecule has 0 saturated heterocycles. The molecule has 0 atom stereocenters. The number of rotatable bonds is 3. The lowest BCUT2D eigenvalue weighted by Crippen LogP contribution is -2.01. The van der Waals surface area contributed by atoms with Gasteiger partial charge in [-0.05, 0) is 52.4 Å². The summed E-state index contributed by atoms with van der Waals surface area (Å²) in [5.74, 6) is -0.601. The highest BCUT2D eigenvalue weighted by Crippen LogP contribution is 2.17. The van der Waals surface area contributed by atoms with E-state index in [4.69, 9.17) is 0 Å². The van der Waals surface area contributed by atoms with E-state index in [2.05, 4.69) is 32.7 Å². The molecule has 0 aliphatic heterocycles. The van der Waals surface area contributed by atoms with E-state index in [1.54, 1.807) is 11.0 Å². The van der Waals surface area contributed by atoms with Gasteiger partial charge in [0.05, 0.1) is 6.54 Å². The van der Waals surface area contributed by atoms with Crippen molar-refractivity contribution in [1.82, 2.24) is 14.8 Å². The Morgan fingerprint density at radius 3 is 2.52 bits per heavy atom. The van der Waals surface area contributed by atoms with Gasteiger partial charge in [-0.3, -0.25) is 0 Å². The minimum atomic E-state index is -0.594. The van der Waals surface area contributed by atoms with Crippen LogP contribution in [-0.4, -0.2) is 14.8 Å². The van der Waals surface area contributed by atoms with Crippen LogP contribution >= 0.6 is 22.6 Å². The van der Waals surface area contributed by atoms with Crippen LogP contribution in [0.2, 0.25) is 0 Å². The molecule has 21 heavy (non-hydrogen) atoms. The third-order valence-corrected chi connectivity index (χ3v) is 3.56. The molecule has 6 heteroatoms. The minimum absolute atomic E-state index is 0.269. The number of benzene rings is 2. The summed E-state index contributed by atoms with van der Waals surface area (Å²) in [6.07, 6.45) is 1.55. The molecule has 106 valence electrons. The van der Waals surface area contributed by atoms with Gasteiger partial charge in [-0.25, -0.2) is 18.4 Å². The molecule has 1 aromatic heterocycles. The van der Waals surface area contributed by atoms with E-state index < -0.39 is 11.6 Å². The number of aromatic nitrogens is 3. The fourth-order valence-corrected chi connectivity index (χ4v) is 2.56. The average molecular weight is 397 g/mol. The molecular formula is C15H10F2IN3. The topological polar surface area (TPSA) is 30.7 Å². The normalized spacial score (nSPS) is 10.8. The molecule has 0 aliphatic carbocycles. The van der Waals surface area contributed by atoms with Crippen LogP contribution in [0.15, 0.2) is 48.8 Å². The molecule has 0 fully saturated rings. The van der Waals surface area contributed by atoms with Gasteiger partial charge in [0.1, 0.15) is 18.0 Å². The summed E-state index contributed by atoms with van der Waals surface area (Å²) in [7, 11) is 0. The van der Waals surface area contributed by atoms with Gasteiger partial charge in [0, 0.05) is 15.2 Å². The molecule has 1 heterocycles. The first-order valence-electron chi connectivity index (χ1n) is 6.20. The molecule has 0 amide bonds. The van der Waals surface area contributed by atoms with Crippen LogP contribution in [0.4, 0.5) is 8.78 Å². The Morgan fingerprint density at radius 2 is 1.81 bits per heavy atom. The molecule has 2 aromatic carbocycles. The minimum Gasteiger partial charge on any atom is -0.248 e. The lowest BCUT2D eigenvalue weighted by atomic mass is 10.2. The maximum Gasteiger partial charge on any atom is 0.181 e. The zero-order chi connectivity index (χ0) is 14.8. The average Bonchev–Trinajstić information content (AvgIpc) is 2.86. The molecule has 3 nitrogen and oxygen atoms in total. The Morgan fingerprint density at radius 1 is 1.05 bits per heavy atom. The van der Waals surface area contributed by atoms with Gasteiger partial charge >= 0.3 is 0 Å². The molecule has 0 radical (unpaired) electrons. The zero-order valence-corrected chi connectivity index (χ0v) is 13.0. The summed E-state index contributed by atoms with van der Waals surface area (Å²) in [6, 6.07) is 11.2. The standard InChI is InChI=1S/C15H10F2IN3/c16-12-4-10(5-13(17)7-12)8-21-9-19-15(20-21)11-2-1-3-14(18)6-11/h1-7,9H,8H2. The quantitative estimate of drug-likeness (QED) is 0.629. The van der Waals surface area contributed by atoms with Gasteiger partial charge in [0.2, 0.25) is 0 Å². The maximum atomic E-state index is 13.2. The van der Waals surface area contributed by atoms with Crippen molar-refractivity contribution in [3.8, 4) is 11.4 Å². The van der Waals surface area contributed by atoms with E-state index >= 15 is 0 Å². The first-order valence-corrected chi connectivity index (χ1v) is 7.28. The van der Waals surface area contributed by atoms with Crippen LogP contribution in [-0.2, 0) is 6.54 Å². The molecule has 3 rings (SSSR count). The second-order valence-electron chi connectivity index (χ2n) is 4.55. The zero-order valence-electron chi connectivity index (χ0n) is 10.8. The van der Waals surface area contributed by atoms with Gasteiger partial charge in [-0.15, -0.1) is 0 Å². The van der Waals surface area contributed by atoms with Crippen LogP contribution in [0.3, 0.4) is 0 Å². The third kappa shape index (κ3) is 3.44. The monoisotopic (exact) mass is 397 g/mol. The number of hydrogen-bond donors (Lipinski definition) is 0. The van der Waals surface area contributed by atoms with Gasteiger partial charge in [-0.2, -0.15) is 5.10 Å². The summed E-state index contributed by atoms with van der Waals surface area (Å²) in [4.78, 5) is 4.23. The van der Waals surface area contributed by atoms with Crippen molar-refractivity contribution in [2.45, 2.75) is 6.54 Å². The summed E-state index contributed by atoms with van der Waals surface area (Å²) >= 11 is 2.22. The van der Waals surface area contributed by atoms with Crippen LogP contribution in [0.25, 0.3) is 11.4 Å². The van der Waals surface area contributed by atoms with E-state index in [0.717, 1.165) is 15.2 Å². The van der Waals surface area contributed by atoms with Gasteiger partial charge in [0.25, 0.3) is 0 Å². The van der Waals surface area contributed by atoms with E-state index in [0.29, 0.717) is 11.4 Å². The van der Waals surface area contributed by atoms with Crippen LogP contribution < -0.4 is 0 Å². The van der Waals surface area contributed by atoms with Crippen molar-refractivity contribution >= 4 is 22.6 Å². The lowest BCUT2D eigenvalue weighted by molar-refractivity contribution is 0.574. The van der Waals surface area contributed by atoms with E-state index in [1.165, 1.54) is 12.1 Å². The number of nitrogens with zero attached hydrogens (tertiary/aromatic N) is 3. The van der Waals surface area contributed by atoms with Crippen molar-refractivity contribution in [2.24, 2.45) is 0 Å². The van der Waals surface area contributed by atoms with Crippen LogP contribution in [0.1, 0.15) is 5.56 Å². The summed E-state index contributed by atoms with van der Waals surface area (Å²) in [6.45, 7) is 0.269. The SMILES string of the molecule is Fc1cc(F)cc(Cn2cnc(-c3cccc(I)c3)n2)c1. The highest BCUT2D eigenvalue weighted by atomic mass is 127. The molecular weight excluding hydrogens is 387 g/mol. The van der Waals surface area contributed by atoms with Crippen molar-refractivity contribution in [3.05, 3.63) is 69.6 Å². The summed E-state index contributed by atoms with van der Waals surface area (Å²) < 4.78 is 29.0. The number of halogens is 3. The van der Waals surface area contributed by atoms with Crippen LogP contribution in [0.5, 0.6) is 0 Å². The fraction of sp³-hybridized carbons (Fsp3) is 0.0667. The predicted molar refractivity (Wildman–Crippen MR) is 83.6 cm³/mol. The Kier molecular flexibility index (Phi) is 3.96. The highest BCUT2D eigenvalue weighted by molar-refractivity contribution is 14.1. The number of hydrogen-bond acceptors (Lipinski definition) is 2. The Bertz CT molecular complexity index is 766. The summed E-state index contributed by atoms with van der Waals surface area (Å²) in [5.41, 5.74) is 1.41. The first kappa shape index (κ1) is 14.1. The van der Waals surface area contributed by atoms with Crippen molar-refractivity contribution in [1.29, 1.82) is 0 Å². The van der Waals surface area contributed by atoms with Crippen molar-refractivity contribution in [2.75, 3.05) is 0 Å². The lowest BCUT2D eigenvalue weighted by Gasteiger charge is -2.02. The predicted octanol–water partition coefficient (Wildman–Crippen LogP) is 3.88. The second-order valence-corrected chi connectivity index (χ2v) is 5.80. The molecule has 0 bridgehead atoms. The first-order chi connectivity index (χ1) is 10.1. The van der Waals surface area contributed by atoms with Crippen molar-refractivity contribution < 1.29 is 8.78 Å². The molecule has 0 unspecified atom stereocenters. The van der Waals surface area contributed by atoms with Crippen LogP contribution in [0, 0.1) is 15.2 Å². The summed E-state index contributed by atoms with van der Waals surface area (Å²) in [5, 5.41) is 4.33. The van der Waals surface area contributed by atoms with Gasteiger partial charge in [-0.1, -0.05) is 12.1 Å². The largest absolute Gasteiger partial charge is 0.248 e. The van der Waals surface area contributed by atoms with E-state index in [1.807, 2.05) is 24.3 Å². The molecule has 0 spiro atoms. The third-order valence-electron chi connectivity index (χ3n) is 2.89. The fourth-order valence-electron chi connectivity index (χ4n) is 2.02. The highest BCUT2D eigenvalue weighted by Gasteiger charge is 2.06. The van der Waals surface area contributed by atoms with Gasteiger partial charge in [0.15, 0.2) is 5.82 Å². The molecule has 0 aliphatic rings. The maximum absolute atomic E-state index is 13.2. The van der Waals surface area contributed by atoms with E-state index in [-0.39, 0.29) is 6.54 Å². The van der Waals surface area contributed by atoms with E-state index in [9.17, 15) is 8.78 Å². The Hall–Kier alpha value is -1.83. The Balaban J connectivity index is 1.85. The van der Waals surface area contributed by atoms with Gasteiger partial charge < -0.3 is 0 Å². The smallest absolute Gasteiger partial charge is 0.181 e. The molecule has 0 saturated carbocycles. The molecule has 3 aromatic rings. The Labute approximate surface area is 133 Å². The second kappa shape index (κ2) is 5.88. The molecule has 0 N–H and O–H groups in total. The van der Waals surface area contributed by atoms with Crippen molar-refractivity contribution in [3.63, 3.8) is 0 Å².